The molecule has 1 aliphatic rings. The lowest BCUT2D eigenvalue weighted by Gasteiger charge is -2.29. The lowest BCUT2D eigenvalue weighted by atomic mass is 10.1. The predicted molar refractivity (Wildman–Crippen MR) is 120 cm³/mol. The Morgan fingerprint density at radius 3 is 1.78 bits per heavy atom. The van der Waals surface area contributed by atoms with E-state index in [9.17, 15) is 14.4 Å². The second-order valence-corrected chi connectivity index (χ2v) is 9.24. The van der Waals surface area contributed by atoms with Gasteiger partial charge in [-0.15, -0.1) is 0 Å². The third-order valence-electron chi connectivity index (χ3n) is 4.10. The Labute approximate surface area is 191 Å². The summed E-state index contributed by atoms with van der Waals surface area (Å²) in [7, 11) is 1.31. The minimum absolute atomic E-state index is 0.142. The number of nitrogens with zero attached hydrogens (tertiary/aromatic N) is 1. The van der Waals surface area contributed by atoms with Crippen molar-refractivity contribution >= 4 is 18.2 Å². The summed E-state index contributed by atoms with van der Waals surface area (Å²) in [5.74, 6) is -0.0639. The Morgan fingerprint density at radius 2 is 1.38 bits per heavy atom. The van der Waals surface area contributed by atoms with E-state index in [1.165, 1.54) is 7.11 Å². The van der Waals surface area contributed by atoms with Crippen molar-refractivity contribution in [1.29, 1.82) is 0 Å². The summed E-state index contributed by atoms with van der Waals surface area (Å²) in [4.78, 5) is 38.4. The Bertz CT molecular complexity index is 773. The van der Waals surface area contributed by atoms with E-state index in [0.29, 0.717) is 24.2 Å². The molecule has 0 atom stereocenters. The van der Waals surface area contributed by atoms with Gasteiger partial charge in [0.2, 0.25) is 5.60 Å². The highest BCUT2D eigenvalue weighted by molar-refractivity contribution is 5.88. The Kier molecular flexibility index (Phi) is 9.12. The first kappa shape index (κ1) is 27.3. The summed E-state index contributed by atoms with van der Waals surface area (Å²) in [6.45, 7) is 14.1. The maximum absolute atomic E-state index is 12.7. The van der Waals surface area contributed by atoms with Crippen LogP contribution in [0.5, 0.6) is 5.75 Å². The number of hydrogen-bond donors (Lipinski definition) is 0. The highest BCUT2D eigenvalue weighted by Crippen LogP contribution is 2.42. The normalized spacial score (nSPS) is 14.3. The summed E-state index contributed by atoms with van der Waals surface area (Å²) in [6, 6.07) is 6.89. The lowest BCUT2D eigenvalue weighted by Crippen LogP contribution is -2.43. The number of amides is 2. The molecule has 2 rings (SSSR count). The van der Waals surface area contributed by atoms with Crippen molar-refractivity contribution in [3.63, 3.8) is 0 Å². The summed E-state index contributed by atoms with van der Waals surface area (Å²) >= 11 is 0. The summed E-state index contributed by atoms with van der Waals surface area (Å²) < 4.78 is 21.6. The van der Waals surface area contributed by atoms with Gasteiger partial charge < -0.3 is 18.9 Å². The number of methoxy groups -OCH3 is 1. The molecule has 0 radical (unpaired) electrons. The van der Waals surface area contributed by atoms with Crippen molar-refractivity contribution < 1.29 is 33.3 Å². The van der Waals surface area contributed by atoms with Gasteiger partial charge in [-0.2, -0.15) is 0 Å². The van der Waals surface area contributed by atoms with Crippen LogP contribution in [0.2, 0.25) is 0 Å². The van der Waals surface area contributed by atoms with Gasteiger partial charge in [0.05, 0.1) is 13.7 Å². The van der Waals surface area contributed by atoms with Gasteiger partial charge >= 0.3 is 18.2 Å². The first-order chi connectivity index (χ1) is 14.8. The minimum atomic E-state index is -1.02. The zero-order valence-corrected chi connectivity index (χ0v) is 20.7. The van der Waals surface area contributed by atoms with Gasteiger partial charge in [-0.3, -0.25) is 0 Å². The molecule has 0 unspecified atom stereocenters. The van der Waals surface area contributed by atoms with E-state index in [1.54, 1.807) is 65.8 Å². The van der Waals surface area contributed by atoms with Gasteiger partial charge in [0.15, 0.2) is 0 Å². The van der Waals surface area contributed by atoms with Crippen molar-refractivity contribution in [3.8, 4) is 5.75 Å². The van der Waals surface area contributed by atoms with Gasteiger partial charge in [0.25, 0.3) is 0 Å². The number of ether oxygens (including phenoxy) is 4. The molecule has 180 valence electrons. The fourth-order valence-corrected chi connectivity index (χ4v) is 2.60. The average Bonchev–Trinajstić information content (AvgIpc) is 3.46. The number of para-hydroxylation sites is 1. The second kappa shape index (κ2) is 10.7. The quantitative estimate of drug-likeness (QED) is 0.433. The van der Waals surface area contributed by atoms with E-state index in [0.717, 1.165) is 4.90 Å². The third-order valence-corrected chi connectivity index (χ3v) is 4.10. The van der Waals surface area contributed by atoms with Gasteiger partial charge in [0, 0.05) is 18.4 Å². The average molecular weight is 452 g/mol. The molecule has 8 nitrogen and oxygen atoms in total. The molecule has 2 amide bonds. The first-order valence-corrected chi connectivity index (χ1v) is 10.9. The largest absolute Gasteiger partial charge is 0.475 e. The van der Waals surface area contributed by atoms with Gasteiger partial charge in [0.1, 0.15) is 17.0 Å². The number of carbonyl (C=O) groups is 3. The summed E-state index contributed by atoms with van der Waals surface area (Å²) in [5, 5.41) is 0. The lowest BCUT2D eigenvalue weighted by molar-refractivity contribution is -0.151. The maximum atomic E-state index is 12.7. The molecule has 8 heteroatoms. The van der Waals surface area contributed by atoms with Crippen LogP contribution in [0, 0.1) is 0 Å². The van der Waals surface area contributed by atoms with E-state index >= 15 is 0 Å². The number of benzene rings is 1. The van der Waals surface area contributed by atoms with E-state index in [4.69, 9.17) is 18.9 Å². The van der Waals surface area contributed by atoms with E-state index in [1.807, 2.05) is 13.8 Å². The molecular weight excluding hydrogens is 414 g/mol. The van der Waals surface area contributed by atoms with Crippen LogP contribution < -0.4 is 4.74 Å². The van der Waals surface area contributed by atoms with Crippen LogP contribution in [0.3, 0.4) is 0 Å². The van der Waals surface area contributed by atoms with Crippen molar-refractivity contribution in [1.82, 2.24) is 4.90 Å². The summed E-state index contributed by atoms with van der Waals surface area (Å²) in [6.07, 6.45) is -0.590. The van der Waals surface area contributed by atoms with Gasteiger partial charge in [-0.05, 0) is 47.6 Å². The molecule has 32 heavy (non-hydrogen) atoms. The molecule has 1 saturated carbocycles. The zero-order valence-electron chi connectivity index (χ0n) is 20.7. The zero-order chi connectivity index (χ0) is 24.7. The molecule has 1 aliphatic carbocycles. The highest BCUT2D eigenvalue weighted by Gasteiger charge is 2.54. The van der Waals surface area contributed by atoms with Crippen LogP contribution in [0.4, 0.5) is 9.59 Å². The van der Waals surface area contributed by atoms with E-state index in [-0.39, 0.29) is 6.54 Å². The number of hydrogen-bond acceptors (Lipinski definition) is 7. The SMILES string of the molecule is CC.COC(=O)C1(Oc2ccccc2CN(C(=O)OC(C)(C)C)C(=O)OC(C)(C)C)CC1. The second-order valence-electron chi connectivity index (χ2n) is 9.24. The van der Waals surface area contributed by atoms with Gasteiger partial charge in [-0.1, -0.05) is 32.0 Å². The Hall–Kier alpha value is -2.77. The topological polar surface area (TPSA) is 91.4 Å². The Morgan fingerprint density at radius 1 is 0.906 bits per heavy atom. The van der Waals surface area contributed by atoms with Crippen molar-refractivity contribution in [2.75, 3.05) is 7.11 Å². The Balaban J connectivity index is 0.00000249. The molecule has 1 aromatic rings. The van der Waals surface area contributed by atoms with Crippen LogP contribution in [0.1, 0.15) is 73.8 Å². The summed E-state index contributed by atoms with van der Waals surface area (Å²) in [5.41, 5.74) is -2.08. The molecule has 0 spiro atoms. The number of rotatable bonds is 5. The standard InChI is InChI=1S/C22H31NO7.C2H6/c1-20(2,3)29-18(25)23(19(26)30-21(4,5)6)14-15-10-8-9-11-16(15)28-22(12-13-22)17(24)27-7;1-2/h8-11H,12-14H2,1-7H3;1-2H3. The molecule has 0 aromatic heterocycles. The van der Waals surface area contributed by atoms with Crippen molar-refractivity contribution in [2.45, 2.75) is 91.6 Å². The van der Waals surface area contributed by atoms with Crippen molar-refractivity contribution in [3.05, 3.63) is 29.8 Å². The van der Waals surface area contributed by atoms with Gasteiger partial charge in [-0.25, -0.2) is 19.3 Å². The molecular formula is C24H37NO7. The van der Waals surface area contributed by atoms with Crippen LogP contribution >= 0.6 is 0 Å². The molecule has 1 fully saturated rings. The molecule has 0 heterocycles. The molecule has 0 aliphatic heterocycles. The highest BCUT2D eigenvalue weighted by atomic mass is 16.6. The first-order valence-electron chi connectivity index (χ1n) is 10.9. The minimum Gasteiger partial charge on any atom is -0.475 e. The molecule has 0 saturated heterocycles. The fourth-order valence-electron chi connectivity index (χ4n) is 2.60. The number of carbonyl (C=O) groups excluding carboxylic acids is 3. The van der Waals surface area contributed by atoms with Crippen LogP contribution in [-0.2, 0) is 25.5 Å². The van der Waals surface area contributed by atoms with Crippen LogP contribution in [0.25, 0.3) is 0 Å². The number of esters is 1. The fraction of sp³-hybridized carbons (Fsp3) is 0.625. The third kappa shape index (κ3) is 8.05. The number of imide groups is 1. The monoisotopic (exact) mass is 451 g/mol. The molecule has 0 N–H and O–H groups in total. The van der Waals surface area contributed by atoms with E-state index in [2.05, 4.69) is 0 Å². The molecule has 1 aromatic carbocycles. The van der Waals surface area contributed by atoms with Crippen molar-refractivity contribution in [2.24, 2.45) is 0 Å². The smallest absolute Gasteiger partial charge is 0.420 e. The van der Waals surface area contributed by atoms with E-state index < -0.39 is 35.0 Å². The van der Waals surface area contributed by atoms with Crippen LogP contribution in [0.15, 0.2) is 24.3 Å². The predicted octanol–water partition coefficient (Wildman–Crippen LogP) is 5.47. The molecule has 0 bridgehead atoms. The van der Waals surface area contributed by atoms with Crippen LogP contribution in [-0.4, -0.2) is 47.0 Å². The maximum Gasteiger partial charge on any atom is 0.420 e.